The second-order valence-corrected chi connectivity index (χ2v) is 7.72. The van der Waals surface area contributed by atoms with Gasteiger partial charge < -0.3 is 0 Å². The van der Waals surface area contributed by atoms with Crippen molar-refractivity contribution < 1.29 is 0 Å². The molecule has 0 aliphatic carbocycles. The molecule has 0 bridgehead atoms. The number of hydrogen-bond donors (Lipinski definition) is 0. The van der Waals surface area contributed by atoms with Crippen LogP contribution in [0.2, 0.25) is 0 Å². The van der Waals surface area contributed by atoms with Crippen molar-refractivity contribution in [2.24, 2.45) is 0 Å². The molecule has 0 aromatic rings. The van der Waals surface area contributed by atoms with E-state index in [2.05, 4.69) is 39.5 Å². The molecule has 0 amide bonds. The molecule has 0 saturated carbocycles. The van der Waals surface area contributed by atoms with Crippen LogP contribution in [0.1, 0.15) is 143 Å². The molecule has 0 heteroatoms. The summed E-state index contributed by atoms with van der Waals surface area (Å²) in [5.74, 6) is 0. The predicted octanol–water partition coefficient (Wildman–Crippen LogP) is 10.2. The monoisotopic (exact) mass is 364 g/mol. The maximum absolute atomic E-state index is 3.73. The van der Waals surface area contributed by atoms with Gasteiger partial charge in [0, 0.05) is 0 Å². The van der Waals surface area contributed by atoms with Gasteiger partial charge in [-0.1, -0.05) is 122 Å². The summed E-state index contributed by atoms with van der Waals surface area (Å²) in [5, 5.41) is 0. The Morgan fingerprint density at radius 2 is 0.731 bits per heavy atom. The van der Waals surface area contributed by atoms with Crippen molar-refractivity contribution in [1.29, 1.82) is 0 Å². The van der Waals surface area contributed by atoms with Crippen LogP contribution in [0.4, 0.5) is 0 Å². The molecule has 0 aromatic carbocycles. The van der Waals surface area contributed by atoms with Crippen molar-refractivity contribution in [1.82, 2.24) is 0 Å². The second-order valence-electron chi connectivity index (χ2n) is 7.72. The van der Waals surface area contributed by atoms with Crippen LogP contribution >= 0.6 is 0 Å². The quantitative estimate of drug-likeness (QED) is 0.158. The van der Waals surface area contributed by atoms with Gasteiger partial charge in [-0.2, -0.15) is 0 Å². The van der Waals surface area contributed by atoms with E-state index in [1.165, 1.54) is 122 Å². The highest BCUT2D eigenvalue weighted by Gasteiger charge is 1.90. The van der Waals surface area contributed by atoms with E-state index in [-0.39, 0.29) is 0 Å². The SMILES string of the molecule is C=CCCCCCCCCCCC.CCCCCC=CCCCCCC. The third kappa shape index (κ3) is 31.3. The van der Waals surface area contributed by atoms with E-state index in [9.17, 15) is 0 Å². The van der Waals surface area contributed by atoms with Crippen molar-refractivity contribution in [2.45, 2.75) is 143 Å². The molecule has 0 rings (SSSR count). The first-order valence-electron chi connectivity index (χ1n) is 12.1. The van der Waals surface area contributed by atoms with Crippen LogP contribution in [0.5, 0.6) is 0 Å². The van der Waals surface area contributed by atoms with Gasteiger partial charge in [-0.25, -0.2) is 0 Å². The minimum absolute atomic E-state index is 1.20. The Labute approximate surface area is 167 Å². The summed E-state index contributed by atoms with van der Waals surface area (Å²) in [6.45, 7) is 10.5. The first-order valence-corrected chi connectivity index (χ1v) is 12.1. The summed E-state index contributed by atoms with van der Waals surface area (Å²) < 4.78 is 0. The summed E-state index contributed by atoms with van der Waals surface area (Å²) in [7, 11) is 0. The summed E-state index contributed by atoms with van der Waals surface area (Å²) in [4.78, 5) is 0. The Kier molecular flexibility index (Phi) is 31.2. The minimum Gasteiger partial charge on any atom is -0.103 e. The Hall–Kier alpha value is -0.520. The average Bonchev–Trinajstić information content (AvgIpc) is 2.66. The largest absolute Gasteiger partial charge is 0.103 e. The highest BCUT2D eigenvalue weighted by Crippen LogP contribution is 2.10. The summed E-state index contributed by atoms with van der Waals surface area (Å²) in [6, 6.07) is 0. The summed E-state index contributed by atoms with van der Waals surface area (Å²) >= 11 is 0. The molecule has 0 nitrogen and oxygen atoms in total. The molecule has 0 radical (unpaired) electrons. The smallest absolute Gasteiger partial charge is 0.0351 e. The number of hydrogen-bond acceptors (Lipinski definition) is 0. The van der Waals surface area contributed by atoms with E-state index in [1.54, 1.807) is 0 Å². The van der Waals surface area contributed by atoms with Gasteiger partial charge in [-0.15, -0.1) is 6.58 Å². The molecule has 0 unspecified atom stereocenters. The molecule has 0 atom stereocenters. The maximum Gasteiger partial charge on any atom is -0.0351 e. The fourth-order valence-electron chi connectivity index (χ4n) is 3.04. The Morgan fingerprint density at radius 1 is 0.423 bits per heavy atom. The highest BCUT2D eigenvalue weighted by atomic mass is 14.0. The molecule has 0 heterocycles. The number of allylic oxidation sites excluding steroid dienone is 3. The maximum atomic E-state index is 3.73. The van der Waals surface area contributed by atoms with Crippen molar-refractivity contribution in [3.8, 4) is 0 Å². The fourth-order valence-corrected chi connectivity index (χ4v) is 3.04. The molecule has 0 fully saturated rings. The van der Waals surface area contributed by atoms with Crippen LogP contribution in [0.25, 0.3) is 0 Å². The van der Waals surface area contributed by atoms with E-state index in [4.69, 9.17) is 0 Å². The zero-order valence-corrected chi connectivity index (χ0v) is 18.9. The molecule has 0 aromatic heterocycles. The fraction of sp³-hybridized carbons (Fsp3) is 0.846. The van der Waals surface area contributed by atoms with Crippen molar-refractivity contribution in [3.63, 3.8) is 0 Å². The highest BCUT2D eigenvalue weighted by molar-refractivity contribution is 4.81. The Bertz CT molecular complexity index is 251. The van der Waals surface area contributed by atoms with Crippen LogP contribution in [-0.4, -0.2) is 0 Å². The van der Waals surface area contributed by atoms with Crippen LogP contribution in [-0.2, 0) is 0 Å². The molecule has 26 heavy (non-hydrogen) atoms. The average molecular weight is 365 g/mol. The van der Waals surface area contributed by atoms with E-state index in [0.29, 0.717) is 0 Å². The molecule has 0 N–H and O–H groups in total. The van der Waals surface area contributed by atoms with Gasteiger partial charge in [-0.05, 0) is 38.5 Å². The molecule has 156 valence electrons. The lowest BCUT2D eigenvalue weighted by Crippen LogP contribution is -1.80. The number of unbranched alkanes of at least 4 members (excludes halogenated alkanes) is 16. The normalized spacial score (nSPS) is 10.7. The van der Waals surface area contributed by atoms with Crippen molar-refractivity contribution >= 4 is 0 Å². The van der Waals surface area contributed by atoms with E-state index in [1.807, 2.05) is 6.08 Å². The van der Waals surface area contributed by atoms with Crippen LogP contribution in [0, 0.1) is 0 Å². The molecular formula is C26H52. The van der Waals surface area contributed by atoms with Crippen molar-refractivity contribution in [3.05, 3.63) is 24.8 Å². The summed E-state index contributed by atoms with van der Waals surface area (Å²) in [6.07, 6.45) is 33.0. The summed E-state index contributed by atoms with van der Waals surface area (Å²) in [5.41, 5.74) is 0. The van der Waals surface area contributed by atoms with Gasteiger partial charge in [0.2, 0.25) is 0 Å². The zero-order chi connectivity index (χ0) is 19.6. The molecule has 0 aliphatic heterocycles. The van der Waals surface area contributed by atoms with Gasteiger partial charge in [0.05, 0.1) is 0 Å². The standard InChI is InChI=1S/2C13H26/c2*1-3-5-7-9-11-13-12-10-8-6-4-2/h11,13H,3-10,12H2,1-2H3;3H,1,4-13H2,2H3. The molecule has 0 aliphatic rings. The zero-order valence-electron chi connectivity index (χ0n) is 18.9. The molecular weight excluding hydrogens is 312 g/mol. The first-order chi connectivity index (χ1) is 12.8. The Balaban J connectivity index is 0. The topological polar surface area (TPSA) is 0 Å². The molecule has 0 spiro atoms. The minimum atomic E-state index is 1.20. The van der Waals surface area contributed by atoms with E-state index >= 15 is 0 Å². The first kappa shape index (κ1) is 27.7. The van der Waals surface area contributed by atoms with Gasteiger partial charge in [0.1, 0.15) is 0 Å². The Morgan fingerprint density at radius 3 is 1.19 bits per heavy atom. The van der Waals surface area contributed by atoms with Gasteiger partial charge in [-0.3, -0.25) is 0 Å². The third-order valence-corrected chi connectivity index (χ3v) is 4.88. The van der Waals surface area contributed by atoms with E-state index < -0.39 is 0 Å². The predicted molar refractivity (Wildman–Crippen MR) is 124 cm³/mol. The molecule has 0 saturated heterocycles. The lowest BCUT2D eigenvalue weighted by atomic mass is 10.1. The lowest BCUT2D eigenvalue weighted by Gasteiger charge is -2.00. The second kappa shape index (κ2) is 29.3. The lowest BCUT2D eigenvalue weighted by molar-refractivity contribution is 0.566. The van der Waals surface area contributed by atoms with Crippen LogP contribution < -0.4 is 0 Å². The van der Waals surface area contributed by atoms with Gasteiger partial charge >= 0.3 is 0 Å². The van der Waals surface area contributed by atoms with Gasteiger partial charge in [0.25, 0.3) is 0 Å². The van der Waals surface area contributed by atoms with Gasteiger partial charge in [0.15, 0.2) is 0 Å². The third-order valence-electron chi connectivity index (χ3n) is 4.88. The number of rotatable bonds is 19. The van der Waals surface area contributed by atoms with E-state index in [0.717, 1.165) is 0 Å². The van der Waals surface area contributed by atoms with Crippen LogP contribution in [0.3, 0.4) is 0 Å². The van der Waals surface area contributed by atoms with Crippen molar-refractivity contribution in [2.75, 3.05) is 0 Å². The van der Waals surface area contributed by atoms with Crippen LogP contribution in [0.15, 0.2) is 24.8 Å².